The van der Waals surface area contributed by atoms with Crippen molar-refractivity contribution in [2.75, 3.05) is 25.6 Å². The van der Waals surface area contributed by atoms with Gasteiger partial charge in [0, 0.05) is 31.5 Å². The van der Waals surface area contributed by atoms with Gasteiger partial charge in [0.2, 0.25) is 11.8 Å². The molecule has 0 spiro atoms. The number of carbonyl (C=O) groups excluding carboxylic acids is 3. The Morgan fingerprint density at radius 3 is 2.61 bits per heavy atom. The standard InChI is InChI=1S/C27H36N4O5/c1-17(32)28-23-21-14-19(35-3)11-12-22(21)30-16-27(2,26(34)29-18-8-5-4-6-9-18)31(25(33)24(23)30)15-20-10-7-13-36-20/h11-12,14,18,20H,4-10,13,15-16H2,1-3H3,(H,28,32)(H,29,34)/t20-,27-/m1/s1. The number of rotatable bonds is 6. The lowest BCUT2D eigenvalue weighted by Gasteiger charge is -2.45. The maximum Gasteiger partial charge on any atom is 0.273 e. The van der Waals surface area contributed by atoms with Gasteiger partial charge in [-0.2, -0.15) is 0 Å². The van der Waals surface area contributed by atoms with Crippen molar-refractivity contribution < 1.29 is 23.9 Å². The second-order valence-electron chi connectivity index (χ2n) is 10.5. The molecule has 2 atom stereocenters. The number of nitrogens with zero attached hydrogens (tertiary/aromatic N) is 2. The van der Waals surface area contributed by atoms with Crippen LogP contribution in [0.2, 0.25) is 0 Å². The number of anilines is 1. The van der Waals surface area contributed by atoms with Crippen LogP contribution in [0.1, 0.15) is 69.3 Å². The smallest absolute Gasteiger partial charge is 0.273 e. The van der Waals surface area contributed by atoms with Crippen molar-refractivity contribution in [2.24, 2.45) is 0 Å². The summed E-state index contributed by atoms with van der Waals surface area (Å²) in [7, 11) is 1.58. The van der Waals surface area contributed by atoms with Gasteiger partial charge in [-0.3, -0.25) is 14.4 Å². The fraction of sp³-hybridized carbons (Fsp3) is 0.593. The number of carbonyl (C=O) groups is 3. The largest absolute Gasteiger partial charge is 0.497 e. The SMILES string of the molecule is COc1ccc2c(c1)c(NC(C)=O)c1n2C[C@](C)(C(=O)NC2CCCCC2)N(C[C@H]2CCCO2)C1=O. The molecule has 1 saturated heterocycles. The normalized spacial score (nSPS) is 24.6. The van der Waals surface area contributed by atoms with E-state index < -0.39 is 5.54 Å². The van der Waals surface area contributed by atoms with Crippen LogP contribution in [0.4, 0.5) is 5.69 Å². The fourth-order valence-electron chi connectivity index (χ4n) is 5.95. The van der Waals surface area contributed by atoms with Crippen LogP contribution >= 0.6 is 0 Å². The van der Waals surface area contributed by atoms with Gasteiger partial charge >= 0.3 is 0 Å². The molecule has 2 aliphatic heterocycles. The molecule has 0 radical (unpaired) electrons. The first-order valence-electron chi connectivity index (χ1n) is 13.0. The summed E-state index contributed by atoms with van der Waals surface area (Å²) < 4.78 is 13.2. The highest BCUT2D eigenvalue weighted by atomic mass is 16.5. The number of hydrogen-bond donors (Lipinski definition) is 2. The van der Waals surface area contributed by atoms with Crippen molar-refractivity contribution in [3.05, 3.63) is 23.9 Å². The van der Waals surface area contributed by atoms with Gasteiger partial charge in [-0.25, -0.2) is 0 Å². The Hall–Kier alpha value is -3.07. The quantitative estimate of drug-likeness (QED) is 0.638. The fourth-order valence-corrected chi connectivity index (χ4v) is 5.95. The highest BCUT2D eigenvalue weighted by Gasteiger charge is 2.50. The summed E-state index contributed by atoms with van der Waals surface area (Å²) in [5, 5.41) is 6.85. The number of methoxy groups -OCH3 is 1. The number of hydrogen-bond acceptors (Lipinski definition) is 5. The van der Waals surface area contributed by atoms with Gasteiger partial charge in [0.05, 0.1) is 31.0 Å². The Morgan fingerprint density at radius 2 is 1.94 bits per heavy atom. The van der Waals surface area contributed by atoms with E-state index in [-0.39, 0.29) is 36.4 Å². The van der Waals surface area contributed by atoms with Gasteiger partial charge in [0.1, 0.15) is 17.0 Å². The van der Waals surface area contributed by atoms with Crippen molar-refractivity contribution >= 4 is 34.3 Å². The highest BCUT2D eigenvalue weighted by Crippen LogP contribution is 2.40. The molecular weight excluding hydrogens is 460 g/mol. The van der Waals surface area contributed by atoms with Crippen LogP contribution in [0.5, 0.6) is 5.75 Å². The van der Waals surface area contributed by atoms with E-state index in [2.05, 4.69) is 10.6 Å². The predicted molar refractivity (Wildman–Crippen MR) is 136 cm³/mol. The summed E-state index contributed by atoms with van der Waals surface area (Å²) in [4.78, 5) is 42.0. The van der Waals surface area contributed by atoms with Gasteiger partial charge in [-0.05, 0) is 50.8 Å². The summed E-state index contributed by atoms with van der Waals surface area (Å²) >= 11 is 0. The molecule has 5 rings (SSSR count). The maximum absolute atomic E-state index is 14.2. The van der Waals surface area contributed by atoms with Crippen LogP contribution < -0.4 is 15.4 Å². The molecule has 1 aromatic carbocycles. The van der Waals surface area contributed by atoms with E-state index in [1.165, 1.54) is 13.3 Å². The molecule has 1 aromatic heterocycles. The second kappa shape index (κ2) is 9.76. The van der Waals surface area contributed by atoms with Gasteiger partial charge < -0.3 is 29.6 Å². The van der Waals surface area contributed by atoms with Gasteiger partial charge in [-0.1, -0.05) is 19.3 Å². The summed E-state index contributed by atoms with van der Waals surface area (Å²) in [5.41, 5.74) is 0.506. The first kappa shape index (κ1) is 24.6. The summed E-state index contributed by atoms with van der Waals surface area (Å²) in [6.07, 6.45) is 7.01. The Balaban J connectivity index is 1.61. The Labute approximate surface area is 211 Å². The maximum atomic E-state index is 14.2. The van der Waals surface area contributed by atoms with E-state index in [0.29, 0.717) is 35.7 Å². The third-order valence-electron chi connectivity index (χ3n) is 7.92. The molecule has 36 heavy (non-hydrogen) atoms. The molecule has 1 aliphatic carbocycles. The molecule has 0 bridgehead atoms. The monoisotopic (exact) mass is 496 g/mol. The van der Waals surface area contributed by atoms with Crippen molar-refractivity contribution in [3.63, 3.8) is 0 Å². The molecular formula is C27H36N4O5. The highest BCUT2D eigenvalue weighted by molar-refractivity contribution is 6.14. The molecule has 3 amide bonds. The topological polar surface area (TPSA) is 102 Å². The van der Waals surface area contributed by atoms with E-state index in [9.17, 15) is 14.4 Å². The minimum Gasteiger partial charge on any atom is -0.497 e. The average Bonchev–Trinajstić information content (AvgIpc) is 3.48. The molecule has 1 saturated carbocycles. The predicted octanol–water partition coefficient (Wildman–Crippen LogP) is 3.45. The lowest BCUT2D eigenvalue weighted by molar-refractivity contribution is -0.134. The van der Waals surface area contributed by atoms with Crippen molar-refractivity contribution in [1.82, 2.24) is 14.8 Å². The van der Waals surface area contributed by atoms with Gasteiger partial charge in [0.15, 0.2) is 0 Å². The van der Waals surface area contributed by atoms with E-state index in [1.54, 1.807) is 12.0 Å². The van der Waals surface area contributed by atoms with Gasteiger partial charge in [-0.15, -0.1) is 0 Å². The van der Waals surface area contributed by atoms with Crippen LogP contribution in [0, 0.1) is 0 Å². The molecule has 9 heteroatoms. The minimum absolute atomic E-state index is 0.115. The molecule has 9 nitrogen and oxygen atoms in total. The van der Waals surface area contributed by atoms with E-state index in [0.717, 1.165) is 44.0 Å². The summed E-state index contributed by atoms with van der Waals surface area (Å²) in [6, 6.07) is 5.66. The molecule has 2 aromatic rings. The molecule has 0 unspecified atom stereocenters. The third-order valence-corrected chi connectivity index (χ3v) is 7.92. The van der Waals surface area contributed by atoms with Gasteiger partial charge in [0.25, 0.3) is 5.91 Å². The van der Waals surface area contributed by atoms with E-state index in [1.807, 2.05) is 29.7 Å². The zero-order chi connectivity index (χ0) is 25.4. The summed E-state index contributed by atoms with van der Waals surface area (Å²) in [6.45, 7) is 4.55. The molecule has 2 N–H and O–H groups in total. The minimum atomic E-state index is -1.10. The molecule has 3 heterocycles. The number of aromatic nitrogens is 1. The summed E-state index contributed by atoms with van der Waals surface area (Å²) in [5.74, 6) is -0.0618. The first-order valence-corrected chi connectivity index (χ1v) is 13.0. The second-order valence-corrected chi connectivity index (χ2v) is 10.5. The zero-order valence-corrected chi connectivity index (χ0v) is 21.4. The van der Waals surface area contributed by atoms with Crippen LogP contribution in [0.25, 0.3) is 10.9 Å². The molecule has 2 fully saturated rings. The van der Waals surface area contributed by atoms with E-state index in [4.69, 9.17) is 9.47 Å². The van der Waals surface area contributed by atoms with Crippen LogP contribution in [-0.4, -0.2) is 65.1 Å². The number of fused-ring (bicyclic) bond motifs is 3. The number of ether oxygens (including phenoxy) is 2. The Bertz CT molecular complexity index is 1180. The lowest BCUT2D eigenvalue weighted by Crippen LogP contribution is -2.66. The molecule has 194 valence electrons. The van der Waals surface area contributed by atoms with E-state index >= 15 is 0 Å². The van der Waals surface area contributed by atoms with Crippen LogP contribution in [0.15, 0.2) is 18.2 Å². The number of benzene rings is 1. The molecule has 3 aliphatic rings. The van der Waals surface area contributed by atoms with Crippen molar-refractivity contribution in [1.29, 1.82) is 0 Å². The number of nitrogens with one attached hydrogen (secondary N) is 2. The lowest BCUT2D eigenvalue weighted by atomic mass is 9.91. The Kier molecular flexibility index (Phi) is 6.68. The zero-order valence-electron chi connectivity index (χ0n) is 21.4. The van der Waals surface area contributed by atoms with Crippen LogP contribution in [-0.2, 0) is 20.9 Å². The third kappa shape index (κ3) is 4.34. The van der Waals surface area contributed by atoms with Crippen LogP contribution in [0.3, 0.4) is 0 Å². The first-order chi connectivity index (χ1) is 17.3. The Morgan fingerprint density at radius 1 is 1.17 bits per heavy atom. The number of amides is 3. The van der Waals surface area contributed by atoms with Crippen molar-refractivity contribution in [3.8, 4) is 5.75 Å². The van der Waals surface area contributed by atoms with Crippen molar-refractivity contribution in [2.45, 2.75) is 83.0 Å². The average molecular weight is 497 g/mol.